The molecule has 138 valence electrons. The number of benzene rings is 1. The van der Waals surface area contributed by atoms with E-state index in [1.54, 1.807) is 24.1 Å². The van der Waals surface area contributed by atoms with Crippen molar-refractivity contribution in [3.05, 3.63) is 51.7 Å². The number of nitrogens with zero attached hydrogens (tertiary/aromatic N) is 2. The van der Waals surface area contributed by atoms with E-state index in [0.717, 1.165) is 22.0 Å². The number of hydrogen-bond acceptors (Lipinski definition) is 3. The van der Waals surface area contributed by atoms with E-state index in [1.807, 2.05) is 26.0 Å². The molecule has 1 fully saturated rings. The first kappa shape index (κ1) is 18.8. The van der Waals surface area contributed by atoms with Crippen molar-refractivity contribution in [1.82, 2.24) is 4.98 Å². The van der Waals surface area contributed by atoms with Gasteiger partial charge in [-0.1, -0.05) is 19.9 Å². The summed E-state index contributed by atoms with van der Waals surface area (Å²) in [5.41, 5.74) is 1.57. The summed E-state index contributed by atoms with van der Waals surface area (Å²) in [7, 11) is 1.55. The number of hydrogen-bond donors (Lipinski definition) is 0. The molecule has 1 aliphatic carbocycles. The van der Waals surface area contributed by atoms with Gasteiger partial charge in [-0.05, 0) is 70.6 Å². The number of rotatable bonds is 2. The predicted octanol–water partition coefficient (Wildman–Crippen LogP) is 4.54. The third-order valence-corrected chi connectivity index (χ3v) is 5.61. The highest BCUT2D eigenvalue weighted by molar-refractivity contribution is 9.10. The van der Waals surface area contributed by atoms with Crippen LogP contribution in [0, 0.1) is 11.2 Å². The number of ether oxygens (including phenoxy) is 1. The lowest BCUT2D eigenvalue weighted by molar-refractivity contribution is -0.125. The zero-order valence-corrected chi connectivity index (χ0v) is 16.8. The van der Waals surface area contributed by atoms with Crippen LogP contribution in [-0.4, -0.2) is 24.5 Å². The molecule has 4 rings (SSSR count). The topological polar surface area (TPSA) is 42.4 Å². The number of halogens is 2. The van der Waals surface area contributed by atoms with Gasteiger partial charge in [0.2, 0.25) is 11.8 Å². The quantitative estimate of drug-likeness (QED) is 0.715. The van der Waals surface area contributed by atoms with Gasteiger partial charge in [-0.3, -0.25) is 9.69 Å². The molecule has 2 aromatic rings. The monoisotopic (exact) mass is 420 g/mol. The maximum atomic E-state index is 13.5. The van der Waals surface area contributed by atoms with Crippen LogP contribution in [0.1, 0.15) is 31.4 Å². The Labute approximate surface area is 161 Å². The number of methoxy groups -OCH3 is 1. The average molecular weight is 421 g/mol. The lowest BCUT2D eigenvalue weighted by Crippen LogP contribution is -2.35. The number of amides is 1. The van der Waals surface area contributed by atoms with Gasteiger partial charge in [0.15, 0.2) is 0 Å². The zero-order valence-electron chi connectivity index (χ0n) is 15.2. The van der Waals surface area contributed by atoms with E-state index < -0.39 is 5.41 Å². The molecule has 2 aliphatic rings. The van der Waals surface area contributed by atoms with E-state index in [9.17, 15) is 9.18 Å². The molecule has 1 unspecified atom stereocenters. The summed E-state index contributed by atoms with van der Waals surface area (Å²) < 4.78 is 19.4. The summed E-state index contributed by atoms with van der Waals surface area (Å²) in [5.74, 6) is 0.875. The van der Waals surface area contributed by atoms with Crippen LogP contribution in [0.15, 0.2) is 34.8 Å². The molecule has 0 N–H and O–H groups in total. The number of carbonyl (C=O) groups excluding carboxylic acids is 1. The second-order valence-corrected chi connectivity index (χ2v) is 7.27. The van der Waals surface area contributed by atoms with E-state index in [0.29, 0.717) is 31.1 Å². The summed E-state index contributed by atoms with van der Waals surface area (Å²) in [4.78, 5) is 19.2. The minimum Gasteiger partial charge on any atom is -0.480 e. The number of carbonyl (C=O) groups is 1. The van der Waals surface area contributed by atoms with Gasteiger partial charge < -0.3 is 4.74 Å². The van der Waals surface area contributed by atoms with Gasteiger partial charge in [-0.15, -0.1) is 0 Å². The Hall–Kier alpha value is -1.95. The van der Waals surface area contributed by atoms with Crippen molar-refractivity contribution in [3.63, 3.8) is 0 Å². The van der Waals surface area contributed by atoms with E-state index >= 15 is 0 Å². The van der Waals surface area contributed by atoms with Crippen LogP contribution in [0.5, 0.6) is 5.88 Å². The molecule has 1 aromatic heterocycles. The normalized spacial score (nSPS) is 20.8. The largest absolute Gasteiger partial charge is 0.480 e. The van der Waals surface area contributed by atoms with Crippen molar-refractivity contribution in [2.75, 3.05) is 18.6 Å². The summed E-state index contributed by atoms with van der Waals surface area (Å²) >= 11 is 3.37. The van der Waals surface area contributed by atoms with Crippen molar-refractivity contribution >= 4 is 27.7 Å². The molecule has 1 atom stereocenters. The fraction of sp³-hybridized carbons (Fsp3) is 0.400. The number of pyridine rings is 1. The molecule has 1 amide bonds. The highest BCUT2D eigenvalue weighted by atomic mass is 79.9. The maximum Gasteiger partial charge on any atom is 0.235 e. The molecule has 26 heavy (non-hydrogen) atoms. The molecule has 0 bridgehead atoms. The number of fused-ring (bicyclic) bond motifs is 1. The standard InChI is InChI=1S/C18H16BrFN2O2.C2H6/c1-24-16-14(19)4-5-15(21-16)22-7-6-18(17(22)23)9-11-2-3-13(20)8-12(11)10-18;1-2/h2-5,8H,6-7,9-10H2,1H3;1-2H3. The zero-order chi connectivity index (χ0) is 18.9. The highest BCUT2D eigenvalue weighted by Gasteiger charge is 2.50. The first-order valence-corrected chi connectivity index (χ1v) is 9.61. The Bertz CT molecular complexity index is 843. The van der Waals surface area contributed by atoms with Crippen molar-refractivity contribution in [2.45, 2.75) is 33.1 Å². The fourth-order valence-electron chi connectivity index (χ4n) is 3.80. The Kier molecular flexibility index (Phi) is 5.32. The van der Waals surface area contributed by atoms with Crippen molar-refractivity contribution in [2.24, 2.45) is 5.41 Å². The van der Waals surface area contributed by atoms with Crippen molar-refractivity contribution in [1.29, 1.82) is 0 Å². The molecule has 1 saturated heterocycles. The highest BCUT2D eigenvalue weighted by Crippen LogP contribution is 2.46. The smallest absolute Gasteiger partial charge is 0.235 e. The van der Waals surface area contributed by atoms with Crippen LogP contribution in [0.25, 0.3) is 0 Å². The molecule has 1 aliphatic heterocycles. The lowest BCUT2D eigenvalue weighted by Gasteiger charge is -2.22. The third kappa shape index (κ3) is 3.11. The van der Waals surface area contributed by atoms with Crippen LogP contribution in [0.3, 0.4) is 0 Å². The Morgan fingerprint density at radius 2 is 1.92 bits per heavy atom. The van der Waals surface area contributed by atoms with Gasteiger partial charge >= 0.3 is 0 Å². The predicted molar refractivity (Wildman–Crippen MR) is 103 cm³/mol. The van der Waals surface area contributed by atoms with Crippen LogP contribution in [-0.2, 0) is 17.6 Å². The minimum atomic E-state index is -0.460. The molecule has 2 heterocycles. The minimum absolute atomic E-state index is 0.0657. The molecule has 4 nitrogen and oxygen atoms in total. The van der Waals surface area contributed by atoms with E-state index in [2.05, 4.69) is 20.9 Å². The van der Waals surface area contributed by atoms with Gasteiger partial charge in [0.05, 0.1) is 17.0 Å². The second kappa shape index (κ2) is 7.35. The van der Waals surface area contributed by atoms with Gasteiger partial charge in [-0.25, -0.2) is 4.39 Å². The van der Waals surface area contributed by atoms with Crippen LogP contribution in [0.4, 0.5) is 10.2 Å². The molecular formula is C20H22BrFN2O2. The van der Waals surface area contributed by atoms with E-state index in [1.165, 1.54) is 6.07 Å². The first-order valence-electron chi connectivity index (χ1n) is 8.82. The average Bonchev–Trinajstić information content (AvgIpc) is 3.17. The van der Waals surface area contributed by atoms with Gasteiger partial charge in [0.1, 0.15) is 11.6 Å². The van der Waals surface area contributed by atoms with Crippen LogP contribution in [0.2, 0.25) is 0 Å². The van der Waals surface area contributed by atoms with Gasteiger partial charge in [0, 0.05) is 6.54 Å². The second-order valence-electron chi connectivity index (χ2n) is 6.41. The molecule has 6 heteroatoms. The SMILES string of the molecule is CC.COc1nc(N2CCC3(Cc4ccc(F)cc4C3)C2=O)ccc1Br. The molecular weight excluding hydrogens is 399 g/mol. The summed E-state index contributed by atoms with van der Waals surface area (Å²) in [6, 6.07) is 8.47. The molecule has 1 spiro atoms. The van der Waals surface area contributed by atoms with Crippen molar-refractivity contribution in [3.8, 4) is 5.88 Å². The van der Waals surface area contributed by atoms with E-state index in [-0.39, 0.29) is 11.7 Å². The number of aromatic nitrogens is 1. The molecule has 0 saturated carbocycles. The fourth-order valence-corrected chi connectivity index (χ4v) is 4.18. The summed E-state index contributed by atoms with van der Waals surface area (Å²) in [6.45, 7) is 4.62. The molecule has 1 aromatic carbocycles. The summed E-state index contributed by atoms with van der Waals surface area (Å²) in [5, 5.41) is 0. The molecule has 0 radical (unpaired) electrons. The van der Waals surface area contributed by atoms with Crippen LogP contribution < -0.4 is 9.64 Å². The van der Waals surface area contributed by atoms with Crippen LogP contribution >= 0.6 is 15.9 Å². The lowest BCUT2D eigenvalue weighted by atomic mass is 9.83. The van der Waals surface area contributed by atoms with Gasteiger partial charge in [-0.2, -0.15) is 4.98 Å². The van der Waals surface area contributed by atoms with E-state index in [4.69, 9.17) is 4.74 Å². The van der Waals surface area contributed by atoms with Gasteiger partial charge in [0.25, 0.3) is 0 Å². The summed E-state index contributed by atoms with van der Waals surface area (Å²) in [6.07, 6.45) is 2.02. The Morgan fingerprint density at radius 3 is 2.65 bits per heavy atom. The Balaban J connectivity index is 0.000000948. The number of anilines is 1. The van der Waals surface area contributed by atoms with Crippen molar-refractivity contribution < 1.29 is 13.9 Å². The Morgan fingerprint density at radius 1 is 1.19 bits per heavy atom. The third-order valence-electron chi connectivity index (χ3n) is 5.01. The maximum absolute atomic E-state index is 13.5. The first-order chi connectivity index (χ1) is 12.5.